The standard InChI is InChI=1S/C22H17FN2O/c1-14-7-12-18(13-15(14)2)26-22-20-6-4-3-5-19(20)21(24-25-22)16-8-10-17(23)11-9-16/h3-13H,1-2H3. The van der Waals surface area contributed by atoms with Crippen molar-refractivity contribution >= 4 is 10.8 Å². The quantitative estimate of drug-likeness (QED) is 0.468. The molecule has 1 heterocycles. The summed E-state index contributed by atoms with van der Waals surface area (Å²) in [6, 6.07) is 20.0. The van der Waals surface area contributed by atoms with Gasteiger partial charge in [0.1, 0.15) is 17.3 Å². The van der Waals surface area contributed by atoms with Crippen molar-refractivity contribution in [3.63, 3.8) is 0 Å². The van der Waals surface area contributed by atoms with Crippen molar-refractivity contribution in [3.05, 3.63) is 83.7 Å². The van der Waals surface area contributed by atoms with E-state index in [0.717, 1.165) is 27.6 Å². The van der Waals surface area contributed by atoms with E-state index in [1.807, 2.05) is 49.4 Å². The molecule has 0 unspecified atom stereocenters. The fraction of sp³-hybridized carbons (Fsp3) is 0.0909. The van der Waals surface area contributed by atoms with Crippen LogP contribution in [0, 0.1) is 19.7 Å². The second kappa shape index (κ2) is 6.56. The van der Waals surface area contributed by atoms with Gasteiger partial charge in [-0.25, -0.2) is 4.39 Å². The lowest BCUT2D eigenvalue weighted by atomic mass is 10.0. The molecule has 0 saturated carbocycles. The summed E-state index contributed by atoms with van der Waals surface area (Å²) in [7, 11) is 0. The van der Waals surface area contributed by atoms with Gasteiger partial charge in [-0.1, -0.05) is 24.3 Å². The third-order valence-corrected chi connectivity index (χ3v) is 4.46. The lowest BCUT2D eigenvalue weighted by Crippen LogP contribution is -1.96. The van der Waals surface area contributed by atoms with Gasteiger partial charge in [0.05, 0.1) is 0 Å². The lowest BCUT2D eigenvalue weighted by molar-refractivity contribution is 0.461. The monoisotopic (exact) mass is 344 g/mol. The van der Waals surface area contributed by atoms with Crippen LogP contribution < -0.4 is 4.74 Å². The van der Waals surface area contributed by atoms with Gasteiger partial charge >= 0.3 is 0 Å². The molecule has 0 fully saturated rings. The predicted molar refractivity (Wildman–Crippen MR) is 101 cm³/mol. The van der Waals surface area contributed by atoms with Crippen molar-refractivity contribution < 1.29 is 9.13 Å². The Labute approximate surface area is 151 Å². The molecule has 0 aliphatic rings. The van der Waals surface area contributed by atoms with Crippen molar-refractivity contribution in [2.75, 3.05) is 0 Å². The smallest absolute Gasteiger partial charge is 0.246 e. The van der Waals surface area contributed by atoms with E-state index in [9.17, 15) is 4.39 Å². The van der Waals surface area contributed by atoms with E-state index < -0.39 is 0 Å². The van der Waals surface area contributed by atoms with Crippen molar-refractivity contribution in [1.29, 1.82) is 0 Å². The molecule has 3 nitrogen and oxygen atoms in total. The summed E-state index contributed by atoms with van der Waals surface area (Å²) in [5.41, 5.74) is 3.88. The maximum atomic E-state index is 13.2. The van der Waals surface area contributed by atoms with Crippen LogP contribution in [-0.2, 0) is 0 Å². The summed E-state index contributed by atoms with van der Waals surface area (Å²) in [4.78, 5) is 0. The van der Waals surface area contributed by atoms with Gasteiger partial charge in [-0.2, -0.15) is 0 Å². The minimum Gasteiger partial charge on any atom is -0.437 e. The zero-order chi connectivity index (χ0) is 18.1. The molecule has 0 spiro atoms. The van der Waals surface area contributed by atoms with E-state index in [-0.39, 0.29) is 5.82 Å². The number of ether oxygens (including phenoxy) is 1. The number of halogens is 1. The lowest BCUT2D eigenvalue weighted by Gasteiger charge is -2.11. The van der Waals surface area contributed by atoms with Gasteiger partial charge in [0, 0.05) is 16.3 Å². The van der Waals surface area contributed by atoms with Crippen LogP contribution >= 0.6 is 0 Å². The van der Waals surface area contributed by atoms with E-state index in [1.165, 1.54) is 17.7 Å². The van der Waals surface area contributed by atoms with Crippen LogP contribution in [0.2, 0.25) is 0 Å². The highest BCUT2D eigenvalue weighted by Crippen LogP contribution is 2.33. The molecule has 3 aromatic carbocycles. The Morgan fingerprint density at radius 1 is 0.769 bits per heavy atom. The maximum Gasteiger partial charge on any atom is 0.246 e. The minimum atomic E-state index is -0.277. The van der Waals surface area contributed by atoms with E-state index in [1.54, 1.807) is 12.1 Å². The first kappa shape index (κ1) is 16.2. The Morgan fingerprint density at radius 3 is 2.23 bits per heavy atom. The zero-order valence-corrected chi connectivity index (χ0v) is 14.5. The number of rotatable bonds is 3. The third kappa shape index (κ3) is 3.02. The third-order valence-electron chi connectivity index (χ3n) is 4.46. The second-order valence-electron chi connectivity index (χ2n) is 6.25. The summed E-state index contributed by atoms with van der Waals surface area (Å²) in [5.74, 6) is 0.900. The van der Waals surface area contributed by atoms with Crippen molar-refractivity contribution in [3.8, 4) is 22.9 Å². The molecule has 26 heavy (non-hydrogen) atoms. The number of hydrogen-bond acceptors (Lipinski definition) is 3. The fourth-order valence-electron chi connectivity index (χ4n) is 2.86. The molecule has 0 aliphatic heterocycles. The Kier molecular flexibility index (Phi) is 4.09. The van der Waals surface area contributed by atoms with Crippen LogP contribution in [-0.4, -0.2) is 10.2 Å². The number of aromatic nitrogens is 2. The molecule has 0 N–H and O–H groups in total. The molecule has 4 rings (SSSR count). The summed E-state index contributed by atoms with van der Waals surface area (Å²) < 4.78 is 19.2. The number of benzene rings is 3. The molecule has 0 bridgehead atoms. The summed E-state index contributed by atoms with van der Waals surface area (Å²) in [6.07, 6.45) is 0. The van der Waals surface area contributed by atoms with Crippen LogP contribution in [0.3, 0.4) is 0 Å². The highest BCUT2D eigenvalue weighted by atomic mass is 19.1. The van der Waals surface area contributed by atoms with Gasteiger partial charge in [-0.3, -0.25) is 0 Å². The normalized spacial score (nSPS) is 10.9. The Bertz CT molecular complexity index is 1090. The first-order valence-electron chi connectivity index (χ1n) is 8.38. The van der Waals surface area contributed by atoms with Crippen LogP contribution in [0.25, 0.3) is 22.0 Å². The first-order chi connectivity index (χ1) is 12.6. The fourth-order valence-corrected chi connectivity index (χ4v) is 2.86. The molecular formula is C22H17FN2O. The van der Waals surface area contributed by atoms with Gasteiger partial charge in [0.15, 0.2) is 0 Å². The average molecular weight is 344 g/mol. The molecule has 128 valence electrons. The highest BCUT2D eigenvalue weighted by molar-refractivity contribution is 5.97. The average Bonchev–Trinajstić information content (AvgIpc) is 2.66. The zero-order valence-electron chi connectivity index (χ0n) is 14.5. The van der Waals surface area contributed by atoms with Gasteiger partial charge in [-0.05, 0) is 67.4 Å². The highest BCUT2D eigenvalue weighted by Gasteiger charge is 2.12. The number of hydrogen-bond donors (Lipinski definition) is 0. The largest absolute Gasteiger partial charge is 0.437 e. The molecule has 4 heteroatoms. The van der Waals surface area contributed by atoms with Crippen LogP contribution in [0.4, 0.5) is 4.39 Å². The molecule has 4 aromatic rings. The molecule has 0 radical (unpaired) electrons. The summed E-state index contributed by atoms with van der Waals surface area (Å²) in [5, 5.41) is 10.4. The van der Waals surface area contributed by atoms with Crippen molar-refractivity contribution in [2.45, 2.75) is 13.8 Å². The molecule has 0 saturated heterocycles. The summed E-state index contributed by atoms with van der Waals surface area (Å²) >= 11 is 0. The Morgan fingerprint density at radius 2 is 1.50 bits per heavy atom. The van der Waals surface area contributed by atoms with Crippen molar-refractivity contribution in [1.82, 2.24) is 10.2 Å². The molecule has 0 atom stereocenters. The Hall–Kier alpha value is -3.27. The van der Waals surface area contributed by atoms with Gasteiger partial charge in [0.25, 0.3) is 0 Å². The molecule has 0 amide bonds. The predicted octanol–water partition coefficient (Wildman–Crippen LogP) is 5.85. The van der Waals surface area contributed by atoms with Crippen LogP contribution in [0.15, 0.2) is 66.7 Å². The van der Waals surface area contributed by atoms with Crippen molar-refractivity contribution in [2.24, 2.45) is 0 Å². The minimum absolute atomic E-state index is 0.277. The van der Waals surface area contributed by atoms with Crippen LogP contribution in [0.1, 0.15) is 11.1 Å². The topological polar surface area (TPSA) is 35.0 Å². The van der Waals surface area contributed by atoms with E-state index >= 15 is 0 Å². The molecule has 1 aromatic heterocycles. The van der Waals surface area contributed by atoms with Gasteiger partial charge < -0.3 is 4.74 Å². The van der Waals surface area contributed by atoms with Gasteiger partial charge in [-0.15, -0.1) is 10.2 Å². The van der Waals surface area contributed by atoms with Gasteiger partial charge in [0.2, 0.25) is 5.88 Å². The van der Waals surface area contributed by atoms with E-state index in [0.29, 0.717) is 11.6 Å². The summed E-state index contributed by atoms with van der Waals surface area (Å²) in [6.45, 7) is 4.11. The number of nitrogens with zero attached hydrogens (tertiary/aromatic N) is 2. The molecule has 0 aliphatic carbocycles. The van der Waals surface area contributed by atoms with E-state index in [4.69, 9.17) is 4.74 Å². The molecular weight excluding hydrogens is 327 g/mol. The SMILES string of the molecule is Cc1ccc(Oc2nnc(-c3ccc(F)cc3)c3ccccc23)cc1C. The van der Waals surface area contributed by atoms with E-state index in [2.05, 4.69) is 17.1 Å². The second-order valence-corrected chi connectivity index (χ2v) is 6.25. The number of fused-ring (bicyclic) bond motifs is 1. The Balaban J connectivity index is 1.81. The first-order valence-corrected chi connectivity index (χ1v) is 8.38. The maximum absolute atomic E-state index is 13.2. The number of aryl methyl sites for hydroxylation is 2. The van der Waals surface area contributed by atoms with Crippen LogP contribution in [0.5, 0.6) is 11.6 Å².